The molecule has 0 saturated carbocycles. The lowest BCUT2D eigenvalue weighted by atomic mass is 10.2. The third kappa shape index (κ3) is 4.06. The largest absolute Gasteiger partial charge is 0.451 e. The van der Waals surface area contributed by atoms with E-state index in [0.29, 0.717) is 11.7 Å². The molecule has 1 amide bonds. The topological polar surface area (TPSA) is 94.3 Å². The lowest BCUT2D eigenvalue weighted by Crippen LogP contribution is -2.21. The van der Waals surface area contributed by atoms with Crippen LogP contribution in [0.25, 0.3) is 0 Å². The van der Waals surface area contributed by atoms with Gasteiger partial charge in [-0.2, -0.15) is 0 Å². The molecule has 1 aromatic heterocycles. The highest BCUT2D eigenvalue weighted by molar-refractivity contribution is 7.13. The zero-order valence-electron chi connectivity index (χ0n) is 10.5. The normalized spacial score (nSPS) is 10.0. The van der Waals surface area contributed by atoms with Gasteiger partial charge in [0.15, 0.2) is 17.4 Å². The first-order valence-electron chi connectivity index (χ1n) is 5.84. The fourth-order valence-electron chi connectivity index (χ4n) is 1.43. The molecular formula is C13H13N3O3S. The maximum Gasteiger partial charge on any atom is 0.358 e. The first kappa shape index (κ1) is 14.0. The van der Waals surface area contributed by atoms with Crippen LogP contribution in [0.1, 0.15) is 16.1 Å². The number of esters is 1. The minimum absolute atomic E-state index is 0.159. The van der Waals surface area contributed by atoms with Crippen LogP contribution in [0.3, 0.4) is 0 Å². The van der Waals surface area contributed by atoms with Gasteiger partial charge in [-0.1, -0.05) is 30.3 Å². The van der Waals surface area contributed by atoms with E-state index in [1.807, 2.05) is 30.3 Å². The summed E-state index contributed by atoms with van der Waals surface area (Å²) in [6, 6.07) is 9.82. The lowest BCUT2D eigenvalue weighted by Gasteiger charge is -2.02. The van der Waals surface area contributed by atoms with Crippen molar-refractivity contribution in [1.29, 1.82) is 0 Å². The van der Waals surface area contributed by atoms with Crippen LogP contribution >= 0.6 is 11.3 Å². The second-order valence-corrected chi connectivity index (χ2v) is 4.78. The highest BCUT2D eigenvalue weighted by Gasteiger charge is 2.13. The Bertz CT molecular complexity index is 598. The summed E-state index contributed by atoms with van der Waals surface area (Å²) in [4.78, 5) is 26.1. The van der Waals surface area contributed by atoms with Crippen LogP contribution in [0.4, 0.5) is 5.13 Å². The van der Waals surface area contributed by atoms with Crippen molar-refractivity contribution in [3.63, 3.8) is 0 Å². The molecule has 20 heavy (non-hydrogen) atoms. The number of rotatable bonds is 6. The molecule has 0 aliphatic rings. The quantitative estimate of drug-likeness (QED) is 0.784. The summed E-state index contributed by atoms with van der Waals surface area (Å²) >= 11 is 1.29. The molecule has 0 aliphatic heterocycles. The van der Waals surface area contributed by atoms with Gasteiger partial charge in [0.2, 0.25) is 0 Å². The summed E-state index contributed by atoms with van der Waals surface area (Å²) in [5.41, 5.74) is 6.16. The van der Waals surface area contributed by atoms with Crippen molar-refractivity contribution in [2.75, 3.05) is 11.9 Å². The summed E-state index contributed by atoms with van der Waals surface area (Å²) in [6.45, 7) is 0.174. The van der Waals surface area contributed by atoms with Crippen LogP contribution in [-0.4, -0.2) is 23.5 Å². The maximum atomic E-state index is 11.5. The van der Waals surface area contributed by atoms with Crippen LogP contribution in [0.2, 0.25) is 0 Å². The zero-order chi connectivity index (χ0) is 14.4. The predicted molar refractivity (Wildman–Crippen MR) is 75.4 cm³/mol. The van der Waals surface area contributed by atoms with Gasteiger partial charge in [-0.15, -0.1) is 11.3 Å². The van der Waals surface area contributed by atoms with Crippen molar-refractivity contribution >= 4 is 28.3 Å². The van der Waals surface area contributed by atoms with Gasteiger partial charge in [0.05, 0.1) is 0 Å². The standard InChI is InChI=1S/C13H13N3O3S/c14-11(17)7-19-12(18)10-8-20-13(16-10)15-6-9-4-2-1-3-5-9/h1-5,8H,6-7H2,(H2,14,17)(H,15,16). The van der Waals surface area contributed by atoms with Crippen LogP contribution < -0.4 is 11.1 Å². The average molecular weight is 291 g/mol. The smallest absolute Gasteiger partial charge is 0.358 e. The van der Waals surface area contributed by atoms with E-state index >= 15 is 0 Å². The molecule has 6 nitrogen and oxygen atoms in total. The number of thiazole rings is 1. The van der Waals surface area contributed by atoms with Gasteiger partial charge >= 0.3 is 5.97 Å². The molecular weight excluding hydrogens is 278 g/mol. The molecule has 0 aliphatic carbocycles. The Morgan fingerprint density at radius 1 is 1.30 bits per heavy atom. The average Bonchev–Trinajstić information content (AvgIpc) is 2.92. The Kier molecular flexibility index (Phi) is 4.67. The molecule has 1 heterocycles. The molecule has 2 aromatic rings. The molecule has 0 fully saturated rings. The van der Waals surface area contributed by atoms with Crippen molar-refractivity contribution < 1.29 is 14.3 Å². The molecule has 0 saturated heterocycles. The minimum atomic E-state index is -0.698. The molecule has 3 N–H and O–H groups in total. The van der Waals surface area contributed by atoms with Crippen LogP contribution in [0.5, 0.6) is 0 Å². The van der Waals surface area contributed by atoms with E-state index in [-0.39, 0.29) is 5.69 Å². The molecule has 0 radical (unpaired) electrons. The number of carbonyl (C=O) groups excluding carboxylic acids is 2. The Balaban J connectivity index is 1.89. The summed E-state index contributed by atoms with van der Waals surface area (Å²) in [7, 11) is 0. The Morgan fingerprint density at radius 2 is 2.05 bits per heavy atom. The molecule has 1 aromatic carbocycles. The second kappa shape index (κ2) is 6.67. The number of ether oxygens (including phenoxy) is 1. The summed E-state index contributed by atoms with van der Waals surface area (Å²) in [6.07, 6.45) is 0. The van der Waals surface area contributed by atoms with Gasteiger partial charge in [0.1, 0.15) is 0 Å². The van der Waals surface area contributed by atoms with E-state index in [2.05, 4.69) is 15.0 Å². The van der Waals surface area contributed by atoms with Gasteiger partial charge < -0.3 is 15.8 Å². The number of anilines is 1. The van der Waals surface area contributed by atoms with E-state index in [1.54, 1.807) is 5.38 Å². The number of nitrogens with two attached hydrogens (primary N) is 1. The SMILES string of the molecule is NC(=O)COC(=O)c1csc(NCc2ccccc2)n1. The summed E-state index contributed by atoms with van der Waals surface area (Å²) < 4.78 is 4.67. The van der Waals surface area contributed by atoms with Gasteiger partial charge in [-0.25, -0.2) is 9.78 Å². The van der Waals surface area contributed by atoms with E-state index < -0.39 is 18.5 Å². The van der Waals surface area contributed by atoms with Crippen LogP contribution in [-0.2, 0) is 16.1 Å². The van der Waals surface area contributed by atoms with Crippen molar-refractivity contribution in [1.82, 2.24) is 4.98 Å². The maximum absolute atomic E-state index is 11.5. The van der Waals surface area contributed by atoms with Crippen molar-refractivity contribution in [3.8, 4) is 0 Å². The molecule has 2 rings (SSSR count). The van der Waals surface area contributed by atoms with Crippen molar-refractivity contribution in [3.05, 3.63) is 47.0 Å². The highest BCUT2D eigenvalue weighted by atomic mass is 32.1. The first-order valence-corrected chi connectivity index (χ1v) is 6.72. The monoisotopic (exact) mass is 291 g/mol. The molecule has 0 atom stereocenters. The van der Waals surface area contributed by atoms with E-state index in [9.17, 15) is 9.59 Å². The predicted octanol–water partition coefficient (Wildman–Crippen LogP) is 1.40. The fraction of sp³-hybridized carbons (Fsp3) is 0.154. The molecule has 0 bridgehead atoms. The Labute approximate surface area is 119 Å². The molecule has 0 unspecified atom stereocenters. The summed E-state index contributed by atoms with van der Waals surface area (Å²) in [5, 5.41) is 5.29. The number of primary amides is 1. The number of benzene rings is 1. The van der Waals surface area contributed by atoms with Gasteiger partial charge in [-0.05, 0) is 5.56 Å². The number of hydrogen-bond donors (Lipinski definition) is 2. The Hall–Kier alpha value is -2.41. The van der Waals surface area contributed by atoms with Gasteiger partial charge in [0.25, 0.3) is 5.91 Å². The second-order valence-electron chi connectivity index (χ2n) is 3.92. The third-order valence-electron chi connectivity index (χ3n) is 2.35. The first-order chi connectivity index (χ1) is 9.65. The Morgan fingerprint density at radius 3 is 2.75 bits per heavy atom. The molecule has 104 valence electrons. The number of aromatic nitrogens is 1. The number of nitrogens with one attached hydrogen (secondary N) is 1. The molecule has 0 spiro atoms. The van der Waals surface area contributed by atoms with Gasteiger partial charge in [-0.3, -0.25) is 4.79 Å². The van der Waals surface area contributed by atoms with Crippen molar-refractivity contribution in [2.24, 2.45) is 5.73 Å². The van der Waals surface area contributed by atoms with E-state index in [1.165, 1.54) is 11.3 Å². The van der Waals surface area contributed by atoms with Crippen LogP contribution in [0.15, 0.2) is 35.7 Å². The lowest BCUT2D eigenvalue weighted by molar-refractivity contribution is -0.121. The van der Waals surface area contributed by atoms with Crippen molar-refractivity contribution in [2.45, 2.75) is 6.54 Å². The number of carbonyl (C=O) groups is 2. The van der Waals surface area contributed by atoms with Gasteiger partial charge in [0, 0.05) is 11.9 Å². The van der Waals surface area contributed by atoms with E-state index in [0.717, 1.165) is 5.56 Å². The zero-order valence-corrected chi connectivity index (χ0v) is 11.4. The summed E-state index contributed by atoms with van der Waals surface area (Å²) in [5.74, 6) is -1.36. The van der Waals surface area contributed by atoms with E-state index in [4.69, 9.17) is 5.73 Å². The minimum Gasteiger partial charge on any atom is -0.451 e. The highest BCUT2D eigenvalue weighted by Crippen LogP contribution is 2.17. The third-order valence-corrected chi connectivity index (χ3v) is 3.15. The fourth-order valence-corrected chi connectivity index (χ4v) is 2.11. The number of nitrogens with zero attached hydrogens (tertiary/aromatic N) is 1. The van der Waals surface area contributed by atoms with Crippen LogP contribution in [0, 0.1) is 0 Å². The number of hydrogen-bond acceptors (Lipinski definition) is 6. The number of amides is 1. The molecule has 7 heteroatoms.